The summed E-state index contributed by atoms with van der Waals surface area (Å²) in [7, 11) is 1.18. The van der Waals surface area contributed by atoms with Crippen molar-refractivity contribution in [1.82, 2.24) is 10.1 Å². The highest BCUT2D eigenvalue weighted by molar-refractivity contribution is 6.06. The molecule has 0 radical (unpaired) electrons. The van der Waals surface area contributed by atoms with Gasteiger partial charge in [0.15, 0.2) is 5.41 Å². The van der Waals surface area contributed by atoms with Crippen LogP contribution in [0.3, 0.4) is 0 Å². The predicted octanol–water partition coefficient (Wildman–Crippen LogP) is -0.731. The van der Waals surface area contributed by atoms with Crippen molar-refractivity contribution in [2.75, 3.05) is 7.05 Å². The van der Waals surface area contributed by atoms with E-state index in [0.717, 1.165) is 0 Å². The van der Waals surface area contributed by atoms with Gasteiger partial charge in [-0.05, 0) is 12.8 Å². The van der Waals surface area contributed by atoms with Crippen molar-refractivity contribution in [3.05, 3.63) is 0 Å². The van der Waals surface area contributed by atoms with E-state index in [1.165, 1.54) is 7.05 Å². The number of hydrogen-bond donors (Lipinski definition) is 0. The molecule has 1 aliphatic heterocycles. The minimum absolute atomic E-state index is 0.0207. The molecule has 1 heterocycles. The van der Waals surface area contributed by atoms with Crippen molar-refractivity contribution >= 4 is 35.9 Å². The summed E-state index contributed by atoms with van der Waals surface area (Å²) in [6, 6.07) is 0. The second kappa shape index (κ2) is 6.77. The quantitative estimate of drug-likeness (QED) is 0.268. The first-order chi connectivity index (χ1) is 11.3. The molecule has 0 spiro atoms. The first-order valence-corrected chi connectivity index (χ1v) is 7.32. The number of imide groups is 1. The third kappa shape index (κ3) is 3.42. The summed E-state index contributed by atoms with van der Waals surface area (Å²) >= 11 is 0. The Morgan fingerprint density at radius 3 is 2.25 bits per heavy atom. The summed E-state index contributed by atoms with van der Waals surface area (Å²) in [6.45, 7) is 0. The number of carbonyl (C=O) groups is 6. The van der Waals surface area contributed by atoms with E-state index in [2.05, 4.69) is 0 Å². The maximum Gasteiger partial charge on any atom is 0.350 e. The number of carbonyl (C=O) groups excluding carboxylic acids is 6. The summed E-state index contributed by atoms with van der Waals surface area (Å²) in [4.78, 5) is 78.5. The molecule has 0 bridgehead atoms. The Bertz CT molecular complexity index is 594. The van der Waals surface area contributed by atoms with E-state index in [1.807, 2.05) is 0 Å². The Hall–Kier alpha value is -2.78. The number of rotatable bonds is 6. The van der Waals surface area contributed by atoms with E-state index in [4.69, 9.17) is 9.68 Å². The van der Waals surface area contributed by atoms with Crippen LogP contribution in [0.4, 0.5) is 0 Å². The molecule has 2 rings (SSSR count). The average molecular weight is 340 g/mol. The van der Waals surface area contributed by atoms with Crippen LogP contribution in [0.2, 0.25) is 0 Å². The Morgan fingerprint density at radius 1 is 1.17 bits per heavy atom. The standard InChI is InChI=1S/C14H16N2O8/c1-15(9(18)3-2-8-17)23-12(21)14(6-7-14)13(22)24-16-10(19)4-5-11(16)20/h8H,2-7H2,1H3. The van der Waals surface area contributed by atoms with E-state index in [-0.39, 0.29) is 38.5 Å². The van der Waals surface area contributed by atoms with E-state index in [9.17, 15) is 28.8 Å². The Balaban J connectivity index is 1.94. The lowest BCUT2D eigenvalue weighted by Gasteiger charge is -2.20. The molecule has 0 N–H and O–H groups in total. The van der Waals surface area contributed by atoms with Gasteiger partial charge in [0.2, 0.25) is 0 Å². The van der Waals surface area contributed by atoms with E-state index < -0.39 is 35.1 Å². The lowest BCUT2D eigenvalue weighted by atomic mass is 10.1. The molecule has 130 valence electrons. The number of amides is 3. The van der Waals surface area contributed by atoms with Crippen molar-refractivity contribution < 1.29 is 38.4 Å². The summed E-state index contributed by atoms with van der Waals surface area (Å²) in [5.74, 6) is -3.99. The predicted molar refractivity (Wildman–Crippen MR) is 73.0 cm³/mol. The molecule has 2 fully saturated rings. The van der Waals surface area contributed by atoms with Crippen LogP contribution < -0.4 is 0 Å². The molecular formula is C14H16N2O8. The number of hydrogen-bond acceptors (Lipinski definition) is 8. The monoisotopic (exact) mass is 340 g/mol. The molecule has 10 nitrogen and oxygen atoms in total. The summed E-state index contributed by atoms with van der Waals surface area (Å²) in [5, 5.41) is 1.000. The fourth-order valence-corrected chi connectivity index (χ4v) is 2.05. The van der Waals surface area contributed by atoms with Crippen molar-refractivity contribution in [3.63, 3.8) is 0 Å². The van der Waals surface area contributed by atoms with E-state index in [0.29, 0.717) is 16.4 Å². The molecule has 3 amide bonds. The van der Waals surface area contributed by atoms with Gasteiger partial charge in [0.05, 0.1) is 0 Å². The zero-order valence-corrected chi connectivity index (χ0v) is 13.0. The molecule has 1 saturated heterocycles. The fourth-order valence-electron chi connectivity index (χ4n) is 2.05. The molecular weight excluding hydrogens is 324 g/mol. The smallest absolute Gasteiger partial charge is 0.337 e. The molecule has 0 atom stereocenters. The van der Waals surface area contributed by atoms with Crippen LogP contribution in [0.1, 0.15) is 38.5 Å². The first-order valence-electron chi connectivity index (χ1n) is 7.32. The number of aldehydes is 1. The van der Waals surface area contributed by atoms with Crippen molar-refractivity contribution in [3.8, 4) is 0 Å². The highest BCUT2D eigenvalue weighted by atomic mass is 16.7. The average Bonchev–Trinajstić information content (AvgIpc) is 3.31. The molecule has 1 saturated carbocycles. The van der Waals surface area contributed by atoms with Crippen molar-refractivity contribution in [2.45, 2.75) is 38.5 Å². The molecule has 1 aliphatic carbocycles. The molecule has 0 unspecified atom stereocenters. The topological polar surface area (TPSA) is 127 Å². The van der Waals surface area contributed by atoms with Gasteiger partial charge in [-0.15, -0.1) is 5.06 Å². The zero-order valence-electron chi connectivity index (χ0n) is 13.0. The Labute approximate surface area is 136 Å². The Kier molecular flexibility index (Phi) is 4.96. The highest BCUT2D eigenvalue weighted by Crippen LogP contribution is 2.48. The minimum Gasteiger partial charge on any atom is -0.337 e. The van der Waals surface area contributed by atoms with Gasteiger partial charge in [0.25, 0.3) is 17.7 Å². The largest absolute Gasteiger partial charge is 0.350 e. The lowest BCUT2D eigenvalue weighted by molar-refractivity contribution is -0.212. The summed E-state index contributed by atoms with van der Waals surface area (Å²) < 4.78 is 0. The maximum atomic E-state index is 12.1. The minimum atomic E-state index is -1.62. The van der Waals surface area contributed by atoms with Crippen LogP contribution in [-0.2, 0) is 38.4 Å². The Morgan fingerprint density at radius 2 is 1.75 bits per heavy atom. The molecule has 10 heteroatoms. The molecule has 0 aromatic heterocycles. The highest BCUT2D eigenvalue weighted by Gasteiger charge is 2.61. The van der Waals surface area contributed by atoms with Gasteiger partial charge in [0.1, 0.15) is 6.29 Å². The van der Waals surface area contributed by atoms with Gasteiger partial charge in [-0.25, -0.2) is 9.59 Å². The fraction of sp³-hybridized carbons (Fsp3) is 0.571. The van der Waals surface area contributed by atoms with Crippen LogP contribution >= 0.6 is 0 Å². The van der Waals surface area contributed by atoms with Crippen LogP contribution in [0.5, 0.6) is 0 Å². The molecule has 0 aromatic rings. The van der Waals surface area contributed by atoms with E-state index >= 15 is 0 Å². The van der Waals surface area contributed by atoms with Crippen LogP contribution in [-0.4, -0.2) is 53.1 Å². The van der Waals surface area contributed by atoms with E-state index in [1.54, 1.807) is 0 Å². The van der Waals surface area contributed by atoms with Gasteiger partial charge >= 0.3 is 11.9 Å². The molecule has 0 aromatic carbocycles. The van der Waals surface area contributed by atoms with Crippen molar-refractivity contribution in [2.24, 2.45) is 5.41 Å². The van der Waals surface area contributed by atoms with Gasteiger partial charge < -0.3 is 14.5 Å². The molecule has 24 heavy (non-hydrogen) atoms. The van der Waals surface area contributed by atoms with Crippen LogP contribution in [0.25, 0.3) is 0 Å². The summed E-state index contributed by atoms with van der Waals surface area (Å²) in [6.07, 6.45) is 0.523. The third-order valence-corrected chi connectivity index (χ3v) is 3.76. The van der Waals surface area contributed by atoms with Gasteiger partial charge in [0, 0.05) is 32.7 Å². The van der Waals surface area contributed by atoms with Crippen molar-refractivity contribution in [1.29, 1.82) is 0 Å². The van der Waals surface area contributed by atoms with Gasteiger partial charge in [-0.2, -0.15) is 5.06 Å². The number of nitrogens with zero attached hydrogens (tertiary/aromatic N) is 2. The number of hydroxylamine groups is 4. The normalized spacial score (nSPS) is 18.1. The zero-order chi connectivity index (χ0) is 17.9. The van der Waals surface area contributed by atoms with Crippen LogP contribution in [0.15, 0.2) is 0 Å². The SMILES string of the molecule is CN(OC(=O)C1(C(=O)ON2C(=O)CCC2=O)CC1)C(=O)CCC=O. The lowest BCUT2D eigenvalue weighted by Crippen LogP contribution is -2.41. The van der Waals surface area contributed by atoms with Gasteiger partial charge in [-0.3, -0.25) is 14.4 Å². The molecule has 2 aliphatic rings. The maximum absolute atomic E-state index is 12.1. The second-order valence-electron chi connectivity index (χ2n) is 5.52. The summed E-state index contributed by atoms with van der Waals surface area (Å²) in [5.41, 5.74) is -1.62. The van der Waals surface area contributed by atoms with Crippen LogP contribution in [0, 0.1) is 5.41 Å². The first kappa shape index (κ1) is 17.6. The second-order valence-corrected chi connectivity index (χ2v) is 5.52. The third-order valence-electron chi connectivity index (χ3n) is 3.76. The van der Waals surface area contributed by atoms with Gasteiger partial charge in [-0.1, -0.05) is 0 Å².